The third-order valence-corrected chi connectivity index (χ3v) is 3.90. The van der Waals surface area contributed by atoms with Gasteiger partial charge in [-0.25, -0.2) is 15.8 Å². The lowest BCUT2D eigenvalue weighted by molar-refractivity contribution is 0.282. The van der Waals surface area contributed by atoms with E-state index in [9.17, 15) is 0 Å². The fourth-order valence-corrected chi connectivity index (χ4v) is 2.41. The van der Waals surface area contributed by atoms with Crippen LogP contribution in [0.3, 0.4) is 0 Å². The number of hydrogen-bond acceptors (Lipinski definition) is 6. The molecule has 4 N–H and O–H groups in total. The summed E-state index contributed by atoms with van der Waals surface area (Å²) in [6.45, 7) is 7.28. The highest BCUT2D eigenvalue weighted by Gasteiger charge is 2.27. The minimum absolute atomic E-state index is 0.135. The van der Waals surface area contributed by atoms with E-state index in [0.717, 1.165) is 24.6 Å². The van der Waals surface area contributed by atoms with Crippen molar-refractivity contribution in [2.45, 2.75) is 57.9 Å². The summed E-state index contributed by atoms with van der Waals surface area (Å²) < 4.78 is 0. The largest absolute Gasteiger partial charge is 0.396 e. The maximum Gasteiger partial charge on any atom is 0.145 e. The van der Waals surface area contributed by atoms with Crippen LogP contribution in [-0.2, 0) is 5.41 Å². The van der Waals surface area contributed by atoms with E-state index in [1.165, 1.54) is 19.3 Å². The number of nitrogens with one attached hydrogen (secondary N) is 1. The van der Waals surface area contributed by atoms with Gasteiger partial charge in [-0.05, 0) is 25.7 Å². The van der Waals surface area contributed by atoms with Crippen LogP contribution in [0.1, 0.15) is 52.3 Å². The van der Waals surface area contributed by atoms with Crippen molar-refractivity contribution < 1.29 is 5.11 Å². The predicted octanol–water partition coefficient (Wildman–Crippen LogP) is 1.80. The van der Waals surface area contributed by atoms with Gasteiger partial charge in [-0.2, -0.15) is 0 Å². The van der Waals surface area contributed by atoms with E-state index in [1.54, 1.807) is 0 Å². The average Bonchev–Trinajstić information content (AvgIpc) is 2.39. The standard InChI is InChI=1S/C15H27N5O/c1-15(2,3)14-17-12(19-16)10-13(18-14)20(8-5-9-21)11-6-4-7-11/h10-11,21H,4-9,16H2,1-3H3,(H,17,18,19). The van der Waals surface area contributed by atoms with E-state index in [1.807, 2.05) is 6.07 Å². The normalized spacial score (nSPS) is 15.7. The fourth-order valence-electron chi connectivity index (χ4n) is 2.41. The molecular weight excluding hydrogens is 266 g/mol. The van der Waals surface area contributed by atoms with E-state index in [4.69, 9.17) is 15.9 Å². The highest BCUT2D eigenvalue weighted by atomic mass is 16.3. The summed E-state index contributed by atoms with van der Waals surface area (Å²) >= 11 is 0. The Bertz CT molecular complexity index is 468. The molecule has 0 spiro atoms. The first-order chi connectivity index (χ1) is 9.95. The molecule has 6 heteroatoms. The van der Waals surface area contributed by atoms with E-state index in [2.05, 4.69) is 36.1 Å². The summed E-state index contributed by atoms with van der Waals surface area (Å²) in [5.74, 6) is 7.87. The molecule has 1 saturated carbocycles. The van der Waals surface area contributed by atoms with Gasteiger partial charge in [0.1, 0.15) is 17.5 Å². The first-order valence-corrected chi connectivity index (χ1v) is 7.69. The van der Waals surface area contributed by atoms with Crippen LogP contribution in [0.2, 0.25) is 0 Å². The molecule has 2 rings (SSSR count). The molecule has 0 aromatic carbocycles. The summed E-state index contributed by atoms with van der Waals surface area (Å²) in [6, 6.07) is 2.41. The molecule has 0 unspecified atom stereocenters. The Morgan fingerprint density at radius 1 is 1.38 bits per heavy atom. The highest BCUT2D eigenvalue weighted by molar-refractivity contribution is 5.50. The number of aliphatic hydroxyl groups is 1. The van der Waals surface area contributed by atoms with Crippen molar-refractivity contribution in [2.75, 3.05) is 23.5 Å². The number of anilines is 2. The number of rotatable bonds is 6. The van der Waals surface area contributed by atoms with Crippen LogP contribution in [-0.4, -0.2) is 34.3 Å². The van der Waals surface area contributed by atoms with Gasteiger partial charge in [0.2, 0.25) is 0 Å². The van der Waals surface area contributed by atoms with Gasteiger partial charge in [0.15, 0.2) is 0 Å². The number of nitrogen functional groups attached to an aromatic ring is 1. The predicted molar refractivity (Wildman–Crippen MR) is 85.2 cm³/mol. The van der Waals surface area contributed by atoms with Crippen LogP contribution in [0.4, 0.5) is 11.6 Å². The Morgan fingerprint density at radius 2 is 2.10 bits per heavy atom. The van der Waals surface area contributed by atoms with Crippen LogP contribution in [0.5, 0.6) is 0 Å². The van der Waals surface area contributed by atoms with Crippen LogP contribution >= 0.6 is 0 Å². The maximum atomic E-state index is 9.13. The summed E-state index contributed by atoms with van der Waals surface area (Å²) in [5.41, 5.74) is 2.50. The van der Waals surface area contributed by atoms with Crippen molar-refractivity contribution in [3.05, 3.63) is 11.9 Å². The number of hydrogen-bond donors (Lipinski definition) is 3. The summed E-state index contributed by atoms with van der Waals surface area (Å²) in [6.07, 6.45) is 4.38. The Kier molecular flexibility index (Phi) is 5.00. The second kappa shape index (κ2) is 6.58. The maximum absolute atomic E-state index is 9.13. The first kappa shape index (κ1) is 16.0. The molecule has 0 amide bonds. The zero-order valence-electron chi connectivity index (χ0n) is 13.3. The molecule has 118 valence electrons. The van der Waals surface area contributed by atoms with Crippen molar-refractivity contribution in [3.63, 3.8) is 0 Å². The molecule has 1 aliphatic carbocycles. The number of aromatic nitrogens is 2. The molecule has 0 aliphatic heterocycles. The van der Waals surface area contributed by atoms with E-state index >= 15 is 0 Å². The lowest BCUT2D eigenvalue weighted by atomic mass is 9.91. The van der Waals surface area contributed by atoms with Crippen molar-refractivity contribution in [1.82, 2.24) is 9.97 Å². The van der Waals surface area contributed by atoms with Crippen molar-refractivity contribution in [1.29, 1.82) is 0 Å². The number of aliphatic hydroxyl groups excluding tert-OH is 1. The molecule has 0 atom stereocenters. The first-order valence-electron chi connectivity index (χ1n) is 7.69. The Morgan fingerprint density at radius 3 is 2.57 bits per heavy atom. The molecule has 1 aliphatic rings. The summed E-state index contributed by atoms with van der Waals surface area (Å²) in [7, 11) is 0. The van der Waals surface area contributed by atoms with Gasteiger partial charge in [-0.3, -0.25) is 0 Å². The minimum Gasteiger partial charge on any atom is -0.396 e. The molecule has 6 nitrogen and oxygen atoms in total. The third-order valence-electron chi connectivity index (χ3n) is 3.90. The molecule has 1 heterocycles. The highest BCUT2D eigenvalue weighted by Crippen LogP contribution is 2.31. The zero-order chi connectivity index (χ0) is 15.5. The fraction of sp³-hybridized carbons (Fsp3) is 0.733. The van der Waals surface area contributed by atoms with Crippen molar-refractivity contribution >= 4 is 11.6 Å². The number of nitrogens with two attached hydrogens (primary N) is 1. The quantitative estimate of drug-likeness (QED) is 0.547. The summed E-state index contributed by atoms with van der Waals surface area (Å²) in [4.78, 5) is 11.5. The van der Waals surface area contributed by atoms with Gasteiger partial charge in [0.25, 0.3) is 0 Å². The third kappa shape index (κ3) is 3.83. The van der Waals surface area contributed by atoms with Crippen LogP contribution in [0.15, 0.2) is 6.07 Å². The Balaban J connectivity index is 2.33. The topological polar surface area (TPSA) is 87.3 Å². The molecule has 21 heavy (non-hydrogen) atoms. The van der Waals surface area contributed by atoms with Crippen LogP contribution in [0.25, 0.3) is 0 Å². The van der Waals surface area contributed by atoms with Crippen molar-refractivity contribution in [3.8, 4) is 0 Å². The molecule has 1 aromatic heterocycles. The summed E-state index contributed by atoms with van der Waals surface area (Å²) in [5, 5.41) is 9.13. The van der Waals surface area contributed by atoms with Crippen molar-refractivity contribution in [2.24, 2.45) is 5.84 Å². The molecule has 0 saturated heterocycles. The second-order valence-electron chi connectivity index (χ2n) is 6.68. The van der Waals surface area contributed by atoms with Gasteiger partial charge in [-0.1, -0.05) is 20.8 Å². The van der Waals surface area contributed by atoms with E-state index < -0.39 is 0 Å². The van der Waals surface area contributed by atoms with Gasteiger partial charge >= 0.3 is 0 Å². The van der Waals surface area contributed by atoms with Crippen LogP contribution < -0.4 is 16.2 Å². The van der Waals surface area contributed by atoms with Crippen LogP contribution in [0, 0.1) is 0 Å². The lowest BCUT2D eigenvalue weighted by Gasteiger charge is -2.39. The Hall–Kier alpha value is -1.40. The van der Waals surface area contributed by atoms with Gasteiger partial charge < -0.3 is 15.4 Å². The average molecular weight is 293 g/mol. The zero-order valence-corrected chi connectivity index (χ0v) is 13.3. The monoisotopic (exact) mass is 293 g/mol. The van der Waals surface area contributed by atoms with E-state index in [-0.39, 0.29) is 12.0 Å². The molecule has 0 radical (unpaired) electrons. The van der Waals surface area contributed by atoms with Gasteiger partial charge in [0, 0.05) is 30.7 Å². The molecule has 1 fully saturated rings. The molecular formula is C15H27N5O. The minimum atomic E-state index is -0.135. The number of hydrazine groups is 1. The smallest absolute Gasteiger partial charge is 0.145 e. The van der Waals surface area contributed by atoms with Gasteiger partial charge in [-0.15, -0.1) is 0 Å². The van der Waals surface area contributed by atoms with Gasteiger partial charge in [0.05, 0.1) is 0 Å². The second-order valence-corrected chi connectivity index (χ2v) is 6.68. The number of nitrogens with zero attached hydrogens (tertiary/aromatic N) is 3. The Labute approximate surface area is 126 Å². The SMILES string of the molecule is CC(C)(C)c1nc(NN)cc(N(CCCO)C2CCC2)n1. The molecule has 0 bridgehead atoms. The van der Waals surface area contributed by atoms with E-state index in [0.29, 0.717) is 11.9 Å². The molecule has 1 aromatic rings. The lowest BCUT2D eigenvalue weighted by Crippen LogP contribution is -2.42.